The van der Waals surface area contributed by atoms with Crippen LogP contribution >= 0.6 is 0 Å². The maximum atomic E-state index is 11.9. The van der Waals surface area contributed by atoms with Gasteiger partial charge in [0, 0.05) is 38.3 Å². The number of rotatable bonds is 6. The SMILES string of the molecule is CNC(C)(CC(C)N1CCN(C(C)C)CC1)C(=O)OC. The largest absolute Gasteiger partial charge is 0.468 e. The zero-order chi connectivity index (χ0) is 15.3. The average molecular weight is 285 g/mol. The lowest BCUT2D eigenvalue weighted by atomic mass is 9.92. The highest BCUT2D eigenvalue weighted by Crippen LogP contribution is 2.19. The number of piperazine rings is 1. The van der Waals surface area contributed by atoms with Crippen LogP contribution in [0.15, 0.2) is 0 Å². The van der Waals surface area contributed by atoms with Crippen LogP contribution in [0.1, 0.15) is 34.1 Å². The van der Waals surface area contributed by atoms with Gasteiger partial charge in [0.2, 0.25) is 0 Å². The first-order valence-corrected chi connectivity index (χ1v) is 7.59. The number of likely N-dealkylation sites (N-methyl/N-ethyl adjacent to an activating group) is 1. The fourth-order valence-electron chi connectivity index (χ4n) is 2.93. The fourth-order valence-corrected chi connectivity index (χ4v) is 2.93. The van der Waals surface area contributed by atoms with E-state index in [9.17, 15) is 4.79 Å². The molecule has 118 valence electrons. The molecule has 0 aromatic heterocycles. The van der Waals surface area contributed by atoms with E-state index in [1.165, 1.54) is 7.11 Å². The van der Waals surface area contributed by atoms with Gasteiger partial charge in [-0.05, 0) is 41.2 Å². The van der Waals surface area contributed by atoms with Gasteiger partial charge in [0.05, 0.1) is 7.11 Å². The highest BCUT2D eigenvalue weighted by atomic mass is 16.5. The third-order valence-corrected chi connectivity index (χ3v) is 4.59. The maximum Gasteiger partial charge on any atom is 0.325 e. The summed E-state index contributed by atoms with van der Waals surface area (Å²) in [4.78, 5) is 16.9. The number of nitrogens with one attached hydrogen (secondary N) is 1. The summed E-state index contributed by atoms with van der Waals surface area (Å²) >= 11 is 0. The summed E-state index contributed by atoms with van der Waals surface area (Å²) in [5, 5.41) is 3.11. The second kappa shape index (κ2) is 7.38. The minimum absolute atomic E-state index is 0.187. The number of carbonyl (C=O) groups excluding carboxylic acids is 1. The Morgan fingerprint density at radius 1 is 1.20 bits per heavy atom. The molecule has 1 aliphatic heterocycles. The molecule has 1 aliphatic rings. The van der Waals surface area contributed by atoms with Gasteiger partial charge < -0.3 is 10.1 Å². The van der Waals surface area contributed by atoms with Crippen molar-refractivity contribution in [2.24, 2.45) is 0 Å². The first-order valence-electron chi connectivity index (χ1n) is 7.59. The van der Waals surface area contributed by atoms with E-state index >= 15 is 0 Å². The van der Waals surface area contributed by atoms with Crippen molar-refractivity contribution in [1.29, 1.82) is 0 Å². The van der Waals surface area contributed by atoms with Crippen molar-refractivity contribution in [3.8, 4) is 0 Å². The van der Waals surface area contributed by atoms with Gasteiger partial charge in [0.25, 0.3) is 0 Å². The Hall–Kier alpha value is -0.650. The average Bonchev–Trinajstić information content (AvgIpc) is 2.46. The predicted molar refractivity (Wildman–Crippen MR) is 81.8 cm³/mol. The van der Waals surface area contributed by atoms with Crippen molar-refractivity contribution in [1.82, 2.24) is 15.1 Å². The molecule has 0 aliphatic carbocycles. The van der Waals surface area contributed by atoms with Crippen LogP contribution in [0.2, 0.25) is 0 Å². The van der Waals surface area contributed by atoms with E-state index in [-0.39, 0.29) is 5.97 Å². The molecule has 20 heavy (non-hydrogen) atoms. The highest BCUT2D eigenvalue weighted by Gasteiger charge is 2.36. The van der Waals surface area contributed by atoms with Gasteiger partial charge in [-0.15, -0.1) is 0 Å². The molecule has 0 saturated carbocycles. The molecular formula is C15H31N3O2. The van der Waals surface area contributed by atoms with Gasteiger partial charge in [-0.25, -0.2) is 0 Å². The van der Waals surface area contributed by atoms with E-state index in [0.717, 1.165) is 32.6 Å². The summed E-state index contributed by atoms with van der Waals surface area (Å²) in [6.07, 6.45) is 0.762. The molecular weight excluding hydrogens is 254 g/mol. The Bertz CT molecular complexity index is 314. The van der Waals surface area contributed by atoms with Crippen molar-refractivity contribution in [2.75, 3.05) is 40.3 Å². The molecule has 1 N–H and O–H groups in total. The van der Waals surface area contributed by atoms with Crippen LogP contribution in [0.4, 0.5) is 0 Å². The molecule has 0 radical (unpaired) electrons. The summed E-state index contributed by atoms with van der Waals surface area (Å²) in [5.41, 5.74) is -0.608. The van der Waals surface area contributed by atoms with Crippen LogP contribution in [-0.2, 0) is 9.53 Å². The number of ether oxygens (including phenoxy) is 1. The number of hydrogen-bond donors (Lipinski definition) is 1. The molecule has 1 fully saturated rings. The van der Waals surface area contributed by atoms with Crippen LogP contribution in [0.3, 0.4) is 0 Å². The highest BCUT2D eigenvalue weighted by molar-refractivity contribution is 5.80. The molecule has 1 heterocycles. The lowest BCUT2D eigenvalue weighted by Gasteiger charge is -2.41. The standard InChI is InChI=1S/C15H31N3O2/c1-12(2)17-7-9-18(10-8-17)13(3)11-15(4,16-5)14(19)20-6/h12-13,16H,7-11H2,1-6H3. The van der Waals surface area contributed by atoms with Crippen molar-refractivity contribution < 1.29 is 9.53 Å². The van der Waals surface area contributed by atoms with E-state index in [2.05, 4.69) is 35.9 Å². The summed E-state index contributed by atoms with van der Waals surface area (Å²) in [6, 6.07) is 0.978. The summed E-state index contributed by atoms with van der Waals surface area (Å²) in [5.74, 6) is -0.187. The molecule has 1 rings (SSSR count). The number of esters is 1. The number of carbonyl (C=O) groups is 1. The molecule has 0 amide bonds. The van der Waals surface area contributed by atoms with Gasteiger partial charge in [0.15, 0.2) is 0 Å². The normalized spacial score (nSPS) is 22.6. The Balaban J connectivity index is 2.55. The van der Waals surface area contributed by atoms with E-state index in [4.69, 9.17) is 4.74 Å². The van der Waals surface area contributed by atoms with Gasteiger partial charge >= 0.3 is 5.97 Å². The minimum Gasteiger partial charge on any atom is -0.468 e. The van der Waals surface area contributed by atoms with Gasteiger partial charge in [-0.3, -0.25) is 14.6 Å². The van der Waals surface area contributed by atoms with Crippen LogP contribution in [0.5, 0.6) is 0 Å². The molecule has 0 spiro atoms. The first-order chi connectivity index (χ1) is 9.34. The van der Waals surface area contributed by atoms with Crippen LogP contribution in [-0.4, -0.2) is 73.7 Å². The lowest BCUT2D eigenvalue weighted by Crippen LogP contribution is -2.56. The van der Waals surface area contributed by atoms with Crippen LogP contribution in [0, 0.1) is 0 Å². The minimum atomic E-state index is -0.608. The van der Waals surface area contributed by atoms with E-state index in [0.29, 0.717) is 12.1 Å². The Morgan fingerprint density at radius 2 is 1.70 bits per heavy atom. The molecule has 0 aromatic carbocycles. The number of methoxy groups -OCH3 is 1. The Labute approximate surface area is 123 Å². The third-order valence-electron chi connectivity index (χ3n) is 4.59. The quantitative estimate of drug-likeness (QED) is 0.736. The van der Waals surface area contributed by atoms with E-state index < -0.39 is 5.54 Å². The summed E-state index contributed by atoms with van der Waals surface area (Å²) in [7, 11) is 3.27. The maximum absolute atomic E-state index is 11.9. The second-order valence-electron chi connectivity index (χ2n) is 6.29. The van der Waals surface area contributed by atoms with Crippen molar-refractivity contribution in [2.45, 2.75) is 51.7 Å². The van der Waals surface area contributed by atoms with Crippen molar-refractivity contribution >= 4 is 5.97 Å². The smallest absolute Gasteiger partial charge is 0.325 e. The van der Waals surface area contributed by atoms with Gasteiger partial charge in [-0.1, -0.05) is 0 Å². The first kappa shape index (κ1) is 17.4. The molecule has 0 bridgehead atoms. The number of nitrogens with zero attached hydrogens (tertiary/aromatic N) is 2. The Kier molecular flexibility index (Phi) is 6.43. The predicted octanol–water partition coefficient (Wildman–Crippen LogP) is 0.942. The molecule has 2 atom stereocenters. The molecule has 1 saturated heterocycles. The topological polar surface area (TPSA) is 44.8 Å². The van der Waals surface area contributed by atoms with Crippen molar-refractivity contribution in [3.63, 3.8) is 0 Å². The fraction of sp³-hybridized carbons (Fsp3) is 0.933. The van der Waals surface area contributed by atoms with Gasteiger partial charge in [0.1, 0.15) is 5.54 Å². The van der Waals surface area contributed by atoms with Crippen LogP contribution in [0.25, 0.3) is 0 Å². The lowest BCUT2D eigenvalue weighted by molar-refractivity contribution is -0.148. The van der Waals surface area contributed by atoms with Crippen molar-refractivity contribution in [3.05, 3.63) is 0 Å². The number of hydrogen-bond acceptors (Lipinski definition) is 5. The van der Waals surface area contributed by atoms with Crippen LogP contribution < -0.4 is 5.32 Å². The molecule has 2 unspecified atom stereocenters. The van der Waals surface area contributed by atoms with E-state index in [1.807, 2.05) is 14.0 Å². The summed E-state index contributed by atoms with van der Waals surface area (Å²) < 4.78 is 4.91. The Morgan fingerprint density at radius 3 is 2.10 bits per heavy atom. The zero-order valence-electron chi connectivity index (χ0n) is 13.9. The summed E-state index contributed by atoms with van der Waals surface area (Å²) in [6.45, 7) is 13.0. The molecule has 0 aromatic rings. The monoisotopic (exact) mass is 285 g/mol. The zero-order valence-corrected chi connectivity index (χ0v) is 13.9. The molecule has 5 heteroatoms. The van der Waals surface area contributed by atoms with E-state index in [1.54, 1.807) is 0 Å². The van der Waals surface area contributed by atoms with Gasteiger partial charge in [-0.2, -0.15) is 0 Å². The second-order valence-corrected chi connectivity index (χ2v) is 6.29. The molecule has 5 nitrogen and oxygen atoms in total. The third kappa shape index (κ3) is 4.17.